The number of amides is 1. The van der Waals surface area contributed by atoms with E-state index < -0.39 is 5.97 Å². The number of piperazine rings is 1. The molecule has 2 rings (SSSR count). The minimum Gasteiger partial charge on any atom is -0.478 e. The Morgan fingerprint density at radius 3 is 2.52 bits per heavy atom. The summed E-state index contributed by atoms with van der Waals surface area (Å²) >= 11 is 0. The number of carbonyl (C=O) groups excluding carboxylic acids is 1. The van der Waals surface area contributed by atoms with E-state index in [-0.39, 0.29) is 11.7 Å². The maximum absolute atomic E-state index is 11.6. The van der Waals surface area contributed by atoms with Crippen molar-refractivity contribution in [1.29, 1.82) is 0 Å². The lowest BCUT2D eigenvalue weighted by Gasteiger charge is -2.36. The molecule has 1 amide bonds. The molecule has 0 aromatic heterocycles. The van der Waals surface area contributed by atoms with Crippen LogP contribution in [-0.4, -0.2) is 54.9 Å². The van der Waals surface area contributed by atoms with Crippen molar-refractivity contribution in [2.24, 2.45) is 0 Å². The van der Waals surface area contributed by atoms with Crippen molar-refractivity contribution < 1.29 is 19.4 Å². The summed E-state index contributed by atoms with van der Waals surface area (Å²) in [7, 11) is 0. The molecule has 1 aliphatic rings. The Bertz CT molecular complexity index is 539. The van der Waals surface area contributed by atoms with E-state index in [1.807, 2.05) is 4.90 Å². The summed E-state index contributed by atoms with van der Waals surface area (Å²) in [6.07, 6.45) is -0.330. The number of hydrogen-bond acceptors (Lipinski definition) is 5. The third kappa shape index (κ3) is 3.36. The number of aromatic carboxylic acids is 1. The highest BCUT2D eigenvalue weighted by Crippen LogP contribution is 2.25. The molecular formula is C14H19N3O4. The lowest BCUT2D eigenvalue weighted by molar-refractivity contribution is 0.0696. The van der Waals surface area contributed by atoms with Crippen molar-refractivity contribution in [2.75, 3.05) is 43.4 Å². The smallest absolute Gasteiger partial charge is 0.409 e. The molecule has 1 aliphatic heterocycles. The van der Waals surface area contributed by atoms with Gasteiger partial charge in [-0.25, -0.2) is 9.59 Å². The second-order valence-electron chi connectivity index (χ2n) is 4.75. The van der Waals surface area contributed by atoms with Crippen molar-refractivity contribution in [2.45, 2.75) is 6.92 Å². The molecule has 1 saturated heterocycles. The second-order valence-corrected chi connectivity index (χ2v) is 4.75. The van der Waals surface area contributed by atoms with Crippen LogP contribution in [-0.2, 0) is 4.74 Å². The number of anilines is 2. The maximum Gasteiger partial charge on any atom is 0.409 e. The Hall–Kier alpha value is -2.44. The van der Waals surface area contributed by atoms with Gasteiger partial charge in [-0.05, 0) is 25.1 Å². The van der Waals surface area contributed by atoms with Crippen LogP contribution >= 0.6 is 0 Å². The van der Waals surface area contributed by atoms with Gasteiger partial charge in [-0.15, -0.1) is 0 Å². The first-order chi connectivity index (χ1) is 10.0. The molecular weight excluding hydrogens is 274 g/mol. The van der Waals surface area contributed by atoms with Crippen molar-refractivity contribution in [1.82, 2.24) is 4.90 Å². The van der Waals surface area contributed by atoms with Gasteiger partial charge in [0.2, 0.25) is 0 Å². The number of rotatable bonds is 3. The minimum atomic E-state index is -0.988. The predicted molar refractivity (Wildman–Crippen MR) is 78.6 cm³/mol. The third-order valence-electron chi connectivity index (χ3n) is 3.40. The van der Waals surface area contributed by atoms with Crippen LogP contribution in [0.2, 0.25) is 0 Å². The normalized spacial score (nSPS) is 14.9. The van der Waals surface area contributed by atoms with Crippen LogP contribution in [0.4, 0.5) is 16.2 Å². The molecule has 0 unspecified atom stereocenters. The van der Waals surface area contributed by atoms with Gasteiger partial charge in [-0.1, -0.05) is 0 Å². The van der Waals surface area contributed by atoms with Crippen molar-refractivity contribution >= 4 is 23.4 Å². The predicted octanol–water partition coefficient (Wildman–Crippen LogP) is 1.25. The number of ether oxygens (including phenoxy) is 1. The van der Waals surface area contributed by atoms with E-state index in [0.29, 0.717) is 44.2 Å². The van der Waals surface area contributed by atoms with Gasteiger partial charge in [0.05, 0.1) is 17.9 Å². The summed E-state index contributed by atoms with van der Waals surface area (Å²) in [4.78, 5) is 26.5. The van der Waals surface area contributed by atoms with Crippen LogP contribution in [0, 0.1) is 0 Å². The van der Waals surface area contributed by atoms with Crippen LogP contribution < -0.4 is 10.6 Å². The summed E-state index contributed by atoms with van der Waals surface area (Å²) in [6, 6.07) is 4.73. The number of carboxylic acids is 1. The fourth-order valence-electron chi connectivity index (χ4n) is 2.34. The van der Waals surface area contributed by atoms with E-state index in [2.05, 4.69) is 0 Å². The summed E-state index contributed by atoms with van der Waals surface area (Å²) < 4.78 is 4.96. The molecule has 7 heteroatoms. The highest BCUT2D eigenvalue weighted by Gasteiger charge is 2.24. The monoisotopic (exact) mass is 293 g/mol. The van der Waals surface area contributed by atoms with Crippen LogP contribution in [0.3, 0.4) is 0 Å². The molecule has 3 N–H and O–H groups in total. The van der Waals surface area contributed by atoms with E-state index in [1.165, 1.54) is 6.07 Å². The number of carbonyl (C=O) groups is 2. The number of hydrogen-bond donors (Lipinski definition) is 2. The number of nitrogen functional groups attached to an aromatic ring is 1. The fourth-order valence-corrected chi connectivity index (χ4v) is 2.34. The number of benzene rings is 1. The van der Waals surface area contributed by atoms with Crippen LogP contribution in [0.15, 0.2) is 18.2 Å². The molecule has 21 heavy (non-hydrogen) atoms. The van der Waals surface area contributed by atoms with Gasteiger partial charge in [0.1, 0.15) is 0 Å². The minimum absolute atomic E-state index is 0.216. The number of nitrogens with two attached hydrogens (primary N) is 1. The van der Waals surface area contributed by atoms with Crippen LogP contribution in [0.25, 0.3) is 0 Å². The van der Waals surface area contributed by atoms with Gasteiger partial charge >= 0.3 is 12.1 Å². The van der Waals surface area contributed by atoms with Crippen molar-refractivity contribution in [3.05, 3.63) is 23.8 Å². The Labute approximate surface area is 122 Å². The lowest BCUT2D eigenvalue weighted by Crippen LogP contribution is -2.49. The molecule has 0 spiro atoms. The van der Waals surface area contributed by atoms with Gasteiger partial charge in [-0.3, -0.25) is 0 Å². The Morgan fingerprint density at radius 2 is 1.95 bits per heavy atom. The largest absolute Gasteiger partial charge is 0.478 e. The summed E-state index contributed by atoms with van der Waals surface area (Å²) in [6.45, 7) is 4.18. The van der Waals surface area contributed by atoms with Gasteiger partial charge in [0.25, 0.3) is 0 Å². The topological polar surface area (TPSA) is 96.1 Å². The molecule has 7 nitrogen and oxygen atoms in total. The highest BCUT2D eigenvalue weighted by atomic mass is 16.6. The van der Waals surface area contributed by atoms with E-state index >= 15 is 0 Å². The fraction of sp³-hybridized carbons (Fsp3) is 0.429. The zero-order valence-electron chi connectivity index (χ0n) is 11.9. The van der Waals surface area contributed by atoms with Crippen LogP contribution in [0.5, 0.6) is 0 Å². The second kappa shape index (κ2) is 6.34. The first-order valence-electron chi connectivity index (χ1n) is 6.82. The zero-order valence-corrected chi connectivity index (χ0v) is 11.9. The third-order valence-corrected chi connectivity index (χ3v) is 3.40. The summed E-state index contributed by atoms with van der Waals surface area (Å²) in [5.41, 5.74) is 7.07. The molecule has 1 heterocycles. The average Bonchev–Trinajstić information content (AvgIpc) is 2.47. The van der Waals surface area contributed by atoms with Gasteiger partial charge in [0, 0.05) is 31.9 Å². The molecule has 114 valence electrons. The van der Waals surface area contributed by atoms with E-state index in [0.717, 1.165) is 0 Å². The first-order valence-corrected chi connectivity index (χ1v) is 6.82. The van der Waals surface area contributed by atoms with Gasteiger partial charge in [-0.2, -0.15) is 0 Å². The first kappa shape index (κ1) is 15.0. The highest BCUT2D eigenvalue weighted by molar-refractivity contribution is 5.95. The molecule has 1 aromatic rings. The average molecular weight is 293 g/mol. The van der Waals surface area contributed by atoms with E-state index in [4.69, 9.17) is 10.5 Å². The van der Waals surface area contributed by atoms with Gasteiger partial charge < -0.3 is 25.4 Å². The molecule has 0 saturated carbocycles. The Balaban J connectivity index is 2.10. The Kier molecular flexibility index (Phi) is 4.52. The molecule has 0 aliphatic carbocycles. The zero-order chi connectivity index (χ0) is 15.4. The lowest BCUT2D eigenvalue weighted by atomic mass is 10.1. The molecule has 0 atom stereocenters. The van der Waals surface area contributed by atoms with Crippen molar-refractivity contribution in [3.63, 3.8) is 0 Å². The molecule has 1 aromatic carbocycles. The quantitative estimate of drug-likeness (QED) is 0.814. The van der Waals surface area contributed by atoms with Crippen LogP contribution in [0.1, 0.15) is 17.3 Å². The molecule has 0 radical (unpaired) electrons. The number of nitrogens with zero attached hydrogens (tertiary/aromatic N) is 2. The van der Waals surface area contributed by atoms with Gasteiger partial charge in [0.15, 0.2) is 0 Å². The van der Waals surface area contributed by atoms with Crippen molar-refractivity contribution in [3.8, 4) is 0 Å². The Morgan fingerprint density at radius 1 is 1.29 bits per heavy atom. The molecule has 1 fully saturated rings. The summed E-state index contributed by atoms with van der Waals surface area (Å²) in [5.74, 6) is -0.988. The summed E-state index contributed by atoms with van der Waals surface area (Å²) in [5, 5.41) is 9.25. The number of carboxylic acid groups (broad SMARTS) is 1. The maximum atomic E-state index is 11.6. The van der Waals surface area contributed by atoms with E-state index in [1.54, 1.807) is 24.0 Å². The van der Waals surface area contributed by atoms with E-state index in [9.17, 15) is 14.7 Å². The molecule has 0 bridgehead atoms. The standard InChI is InChI=1S/C14H19N3O4/c1-2-21-14(20)17-7-5-16(6-8-17)12-9-10(15)3-4-11(12)13(18)19/h3-4,9H,2,5-8,15H2,1H3,(H,18,19). The SMILES string of the molecule is CCOC(=O)N1CCN(c2cc(N)ccc2C(=O)O)CC1.